The minimum atomic E-state index is 0.0808. The molecule has 2 aliphatic heterocycles. The molecule has 2 aliphatic rings. The van der Waals surface area contributed by atoms with Crippen molar-refractivity contribution in [2.75, 3.05) is 38.2 Å². The lowest BCUT2D eigenvalue weighted by Crippen LogP contribution is -2.39. The second-order valence-corrected chi connectivity index (χ2v) is 7.86. The molecule has 28 heavy (non-hydrogen) atoms. The van der Waals surface area contributed by atoms with Crippen LogP contribution in [0.3, 0.4) is 0 Å². The zero-order valence-corrected chi connectivity index (χ0v) is 16.3. The fraction of sp³-hybridized carbons (Fsp3) is 0.571. The number of rotatable bonds is 6. The maximum Gasteiger partial charge on any atom is 0.255 e. The second-order valence-electron chi connectivity index (χ2n) is 7.86. The minimum Gasteiger partial charge on any atom is -0.381 e. The summed E-state index contributed by atoms with van der Waals surface area (Å²) < 4.78 is 7.49. The first-order valence-corrected chi connectivity index (χ1v) is 10.3. The van der Waals surface area contributed by atoms with Crippen LogP contribution in [0.1, 0.15) is 36.0 Å². The second kappa shape index (κ2) is 9.19. The third kappa shape index (κ3) is 4.90. The van der Waals surface area contributed by atoms with Gasteiger partial charge < -0.3 is 15.0 Å². The van der Waals surface area contributed by atoms with Gasteiger partial charge in [-0.3, -0.25) is 9.48 Å². The van der Waals surface area contributed by atoms with Crippen molar-refractivity contribution in [3.8, 4) is 0 Å². The molecule has 2 fully saturated rings. The molecule has 7 heteroatoms. The highest BCUT2D eigenvalue weighted by atomic mass is 16.5. The Hall–Kier alpha value is -2.41. The van der Waals surface area contributed by atoms with Crippen molar-refractivity contribution in [1.29, 1.82) is 0 Å². The third-order valence-corrected chi connectivity index (χ3v) is 5.74. The third-order valence-electron chi connectivity index (χ3n) is 5.74. The van der Waals surface area contributed by atoms with Gasteiger partial charge in [0, 0.05) is 51.4 Å². The van der Waals surface area contributed by atoms with Crippen LogP contribution >= 0.6 is 0 Å². The maximum absolute atomic E-state index is 12.8. The molecule has 2 saturated heterocycles. The van der Waals surface area contributed by atoms with Gasteiger partial charge in [0.05, 0.1) is 12.2 Å². The van der Waals surface area contributed by atoms with Crippen molar-refractivity contribution in [3.63, 3.8) is 0 Å². The molecule has 1 atom stereocenters. The quantitative estimate of drug-likeness (QED) is 0.830. The summed E-state index contributed by atoms with van der Waals surface area (Å²) in [5, 5.41) is 7.64. The summed E-state index contributed by atoms with van der Waals surface area (Å²) >= 11 is 0. The van der Waals surface area contributed by atoms with E-state index >= 15 is 0 Å². The minimum absolute atomic E-state index is 0.0808. The van der Waals surface area contributed by atoms with Crippen LogP contribution in [0.25, 0.3) is 0 Å². The van der Waals surface area contributed by atoms with E-state index in [4.69, 9.17) is 4.74 Å². The molecule has 4 heterocycles. The van der Waals surface area contributed by atoms with Crippen molar-refractivity contribution in [3.05, 3.63) is 42.4 Å². The van der Waals surface area contributed by atoms with Gasteiger partial charge in [-0.05, 0) is 55.7 Å². The Labute approximate surface area is 166 Å². The van der Waals surface area contributed by atoms with E-state index in [9.17, 15) is 4.79 Å². The van der Waals surface area contributed by atoms with Crippen LogP contribution in [-0.4, -0.2) is 58.4 Å². The molecular formula is C21H29N5O2. The van der Waals surface area contributed by atoms with Gasteiger partial charge in [-0.25, -0.2) is 4.98 Å². The monoisotopic (exact) mass is 383 g/mol. The molecule has 1 N–H and O–H groups in total. The average Bonchev–Trinajstić information content (AvgIpc) is 3.26. The Bertz CT molecular complexity index is 733. The molecular weight excluding hydrogens is 354 g/mol. The van der Waals surface area contributed by atoms with Crippen molar-refractivity contribution in [2.24, 2.45) is 11.8 Å². The van der Waals surface area contributed by atoms with E-state index in [1.165, 1.54) is 6.42 Å². The molecule has 0 saturated carbocycles. The van der Waals surface area contributed by atoms with E-state index in [0.717, 1.165) is 64.5 Å². The molecule has 4 rings (SSSR count). The molecule has 7 nitrogen and oxygen atoms in total. The van der Waals surface area contributed by atoms with Gasteiger partial charge in [0.1, 0.15) is 5.82 Å². The lowest BCUT2D eigenvalue weighted by molar-refractivity contribution is 0.0595. The predicted molar refractivity (Wildman–Crippen MR) is 107 cm³/mol. The van der Waals surface area contributed by atoms with Crippen LogP contribution in [0.15, 0.2) is 36.8 Å². The van der Waals surface area contributed by atoms with Crippen LogP contribution in [0.5, 0.6) is 0 Å². The molecule has 0 bridgehead atoms. The average molecular weight is 383 g/mol. The zero-order chi connectivity index (χ0) is 19.2. The summed E-state index contributed by atoms with van der Waals surface area (Å²) in [6.07, 6.45) is 9.86. The summed E-state index contributed by atoms with van der Waals surface area (Å²) in [6.45, 7) is 5.10. The SMILES string of the molecule is O=C(c1ccc(NC[C@@H]2CCCOC2)nc1)N1CCC(Cn2cccn2)CC1. The first-order valence-electron chi connectivity index (χ1n) is 10.3. The van der Waals surface area contributed by atoms with E-state index in [1.807, 2.05) is 40.2 Å². The number of aromatic nitrogens is 3. The molecule has 2 aromatic rings. The van der Waals surface area contributed by atoms with Crippen LogP contribution in [-0.2, 0) is 11.3 Å². The lowest BCUT2D eigenvalue weighted by atomic mass is 9.96. The van der Waals surface area contributed by atoms with Crippen molar-refractivity contribution < 1.29 is 9.53 Å². The molecule has 0 radical (unpaired) electrons. The van der Waals surface area contributed by atoms with Crippen LogP contribution in [0.2, 0.25) is 0 Å². The molecule has 0 spiro atoms. The number of likely N-dealkylation sites (tertiary alicyclic amines) is 1. The van der Waals surface area contributed by atoms with Gasteiger partial charge in [0.25, 0.3) is 5.91 Å². The van der Waals surface area contributed by atoms with Crippen molar-refractivity contribution >= 4 is 11.7 Å². The normalized spacial score (nSPS) is 20.9. The van der Waals surface area contributed by atoms with E-state index in [2.05, 4.69) is 15.4 Å². The largest absolute Gasteiger partial charge is 0.381 e. The lowest BCUT2D eigenvalue weighted by Gasteiger charge is -2.32. The van der Waals surface area contributed by atoms with E-state index in [1.54, 1.807) is 6.20 Å². The Morgan fingerprint density at radius 3 is 2.79 bits per heavy atom. The molecule has 2 aromatic heterocycles. The van der Waals surface area contributed by atoms with Gasteiger partial charge >= 0.3 is 0 Å². The number of anilines is 1. The Kier molecular flexibility index (Phi) is 6.21. The van der Waals surface area contributed by atoms with Gasteiger partial charge in [-0.2, -0.15) is 5.10 Å². The summed E-state index contributed by atoms with van der Waals surface area (Å²) in [4.78, 5) is 19.2. The molecule has 150 valence electrons. The number of nitrogens with zero attached hydrogens (tertiary/aromatic N) is 4. The Morgan fingerprint density at radius 2 is 2.11 bits per heavy atom. The summed E-state index contributed by atoms with van der Waals surface area (Å²) in [7, 11) is 0. The van der Waals surface area contributed by atoms with E-state index in [-0.39, 0.29) is 5.91 Å². The maximum atomic E-state index is 12.8. The number of carbonyl (C=O) groups is 1. The van der Waals surface area contributed by atoms with Gasteiger partial charge in [0.2, 0.25) is 0 Å². The van der Waals surface area contributed by atoms with Crippen LogP contribution < -0.4 is 5.32 Å². The zero-order valence-electron chi connectivity index (χ0n) is 16.3. The van der Waals surface area contributed by atoms with Gasteiger partial charge in [-0.15, -0.1) is 0 Å². The molecule has 1 amide bonds. The Morgan fingerprint density at radius 1 is 1.21 bits per heavy atom. The van der Waals surface area contributed by atoms with E-state index in [0.29, 0.717) is 17.4 Å². The number of hydrogen-bond acceptors (Lipinski definition) is 5. The van der Waals surface area contributed by atoms with Crippen LogP contribution in [0, 0.1) is 11.8 Å². The first kappa shape index (κ1) is 18.9. The number of pyridine rings is 1. The number of ether oxygens (including phenoxy) is 1. The summed E-state index contributed by atoms with van der Waals surface area (Å²) in [6, 6.07) is 5.74. The summed E-state index contributed by atoms with van der Waals surface area (Å²) in [5.41, 5.74) is 0.664. The predicted octanol–water partition coefficient (Wildman–Crippen LogP) is 2.67. The highest BCUT2D eigenvalue weighted by molar-refractivity contribution is 5.94. The smallest absolute Gasteiger partial charge is 0.255 e. The van der Waals surface area contributed by atoms with E-state index < -0.39 is 0 Å². The topological polar surface area (TPSA) is 72.3 Å². The standard InChI is InChI=1S/C21H29N5O2/c27-21(25-10-6-17(7-11-25)15-26-9-2-8-24-26)19-4-5-20(23-14-19)22-13-18-3-1-12-28-16-18/h2,4-5,8-9,14,17-18H,1,3,6-7,10-13,15-16H2,(H,22,23)/t18-/m0/s1. The fourth-order valence-corrected chi connectivity index (χ4v) is 4.02. The first-order chi connectivity index (χ1) is 13.8. The number of hydrogen-bond donors (Lipinski definition) is 1. The van der Waals surface area contributed by atoms with Crippen molar-refractivity contribution in [2.45, 2.75) is 32.2 Å². The molecule has 0 aromatic carbocycles. The number of nitrogens with one attached hydrogen (secondary N) is 1. The van der Waals surface area contributed by atoms with Gasteiger partial charge in [0.15, 0.2) is 0 Å². The number of piperidine rings is 1. The highest BCUT2D eigenvalue weighted by Gasteiger charge is 2.24. The van der Waals surface area contributed by atoms with Gasteiger partial charge in [-0.1, -0.05) is 0 Å². The fourth-order valence-electron chi connectivity index (χ4n) is 4.02. The highest BCUT2D eigenvalue weighted by Crippen LogP contribution is 2.21. The molecule has 0 aliphatic carbocycles. The van der Waals surface area contributed by atoms with Crippen molar-refractivity contribution in [1.82, 2.24) is 19.7 Å². The molecule has 0 unspecified atom stereocenters. The summed E-state index contributed by atoms with van der Waals surface area (Å²) in [5.74, 6) is 2.02. The number of carbonyl (C=O) groups excluding carboxylic acids is 1. The van der Waals surface area contributed by atoms with Crippen LogP contribution in [0.4, 0.5) is 5.82 Å². The number of amides is 1. The Balaban J connectivity index is 1.24.